The van der Waals surface area contributed by atoms with Crippen LogP contribution in [0.5, 0.6) is 5.75 Å². The Morgan fingerprint density at radius 1 is 1.31 bits per heavy atom. The number of phenols is 1. The van der Waals surface area contributed by atoms with Crippen LogP contribution in [0.4, 0.5) is 13.2 Å². The summed E-state index contributed by atoms with van der Waals surface area (Å²) >= 11 is 3.97. The summed E-state index contributed by atoms with van der Waals surface area (Å²) < 4.78 is 37.1. The number of alkyl halides is 3. The van der Waals surface area contributed by atoms with E-state index in [0.717, 1.165) is 18.2 Å². The van der Waals surface area contributed by atoms with E-state index in [0.29, 0.717) is 12.2 Å². The van der Waals surface area contributed by atoms with Gasteiger partial charge in [0.25, 0.3) is 0 Å². The maximum atomic E-state index is 12.4. The van der Waals surface area contributed by atoms with Crippen LogP contribution >= 0.6 is 12.6 Å². The van der Waals surface area contributed by atoms with Crippen molar-refractivity contribution in [2.45, 2.75) is 12.6 Å². The smallest absolute Gasteiger partial charge is 0.416 e. The Labute approximate surface area is 97.0 Å². The third kappa shape index (κ3) is 3.48. The quantitative estimate of drug-likeness (QED) is 0.781. The van der Waals surface area contributed by atoms with E-state index in [9.17, 15) is 18.3 Å². The lowest BCUT2D eigenvalue weighted by Crippen LogP contribution is -2.04. The van der Waals surface area contributed by atoms with E-state index >= 15 is 0 Å². The van der Waals surface area contributed by atoms with Crippen molar-refractivity contribution in [3.8, 4) is 5.75 Å². The average Bonchev–Trinajstić information content (AvgIpc) is 2.19. The van der Waals surface area contributed by atoms with Gasteiger partial charge >= 0.3 is 6.18 Å². The Morgan fingerprint density at radius 2 is 2.00 bits per heavy atom. The summed E-state index contributed by atoms with van der Waals surface area (Å²) in [6.45, 7) is 0. The SMILES string of the molecule is Oc1ccc(C(F)(F)F)cc1C=CCCS. The number of hydrogen-bond donors (Lipinski definition) is 2. The fourth-order valence-electron chi connectivity index (χ4n) is 1.15. The average molecular weight is 248 g/mol. The second-order valence-corrected chi connectivity index (χ2v) is 3.63. The molecule has 16 heavy (non-hydrogen) atoms. The van der Waals surface area contributed by atoms with Gasteiger partial charge in [0.2, 0.25) is 0 Å². The molecule has 0 saturated carbocycles. The molecule has 1 aromatic carbocycles. The van der Waals surface area contributed by atoms with Crippen LogP contribution in [0.25, 0.3) is 6.08 Å². The molecule has 1 aromatic rings. The molecule has 0 aliphatic rings. The molecular formula is C11H11F3OS. The van der Waals surface area contributed by atoms with Crippen molar-refractivity contribution in [2.75, 3.05) is 5.75 Å². The van der Waals surface area contributed by atoms with E-state index in [-0.39, 0.29) is 11.3 Å². The second-order valence-electron chi connectivity index (χ2n) is 3.19. The minimum atomic E-state index is -4.39. The fourth-order valence-corrected chi connectivity index (χ4v) is 1.30. The van der Waals surface area contributed by atoms with Gasteiger partial charge in [0, 0.05) is 5.56 Å². The molecule has 1 rings (SSSR count). The van der Waals surface area contributed by atoms with Crippen LogP contribution in [-0.2, 0) is 6.18 Å². The van der Waals surface area contributed by atoms with Gasteiger partial charge in [-0.15, -0.1) is 0 Å². The van der Waals surface area contributed by atoms with Crippen molar-refractivity contribution < 1.29 is 18.3 Å². The highest BCUT2D eigenvalue weighted by Gasteiger charge is 2.30. The molecule has 0 unspecified atom stereocenters. The highest BCUT2D eigenvalue weighted by atomic mass is 32.1. The van der Waals surface area contributed by atoms with Gasteiger partial charge in [-0.1, -0.05) is 12.2 Å². The van der Waals surface area contributed by atoms with Crippen molar-refractivity contribution in [3.05, 3.63) is 35.4 Å². The highest BCUT2D eigenvalue weighted by Crippen LogP contribution is 2.32. The number of rotatable bonds is 3. The molecule has 0 spiro atoms. The minimum Gasteiger partial charge on any atom is -0.507 e. The first-order chi connectivity index (χ1) is 7.45. The number of thiol groups is 1. The van der Waals surface area contributed by atoms with Crippen LogP contribution in [-0.4, -0.2) is 10.9 Å². The summed E-state index contributed by atoms with van der Waals surface area (Å²) in [5.74, 6) is 0.444. The first-order valence-electron chi connectivity index (χ1n) is 4.63. The Kier molecular flexibility index (Phi) is 4.29. The molecule has 0 radical (unpaired) electrons. The Balaban J connectivity index is 3.00. The van der Waals surface area contributed by atoms with Crippen LogP contribution in [0.15, 0.2) is 24.3 Å². The standard InChI is InChI=1S/C11H11F3OS/c12-11(13,14)9-4-5-10(15)8(7-9)3-1-2-6-16/h1,3-5,7,15-16H,2,6H2. The van der Waals surface area contributed by atoms with Gasteiger partial charge in [0.05, 0.1) is 5.56 Å². The van der Waals surface area contributed by atoms with Crippen molar-refractivity contribution in [1.82, 2.24) is 0 Å². The molecule has 1 N–H and O–H groups in total. The molecule has 88 valence electrons. The first-order valence-corrected chi connectivity index (χ1v) is 5.26. The van der Waals surface area contributed by atoms with Crippen LogP contribution in [0.1, 0.15) is 17.5 Å². The van der Waals surface area contributed by atoms with Gasteiger partial charge in [0.15, 0.2) is 0 Å². The minimum absolute atomic E-state index is 0.164. The number of phenolic OH excluding ortho intramolecular Hbond substituents is 1. The number of hydrogen-bond acceptors (Lipinski definition) is 2. The lowest BCUT2D eigenvalue weighted by Gasteiger charge is -2.08. The molecule has 0 atom stereocenters. The lowest BCUT2D eigenvalue weighted by molar-refractivity contribution is -0.137. The summed E-state index contributed by atoms with van der Waals surface area (Å²) in [5, 5.41) is 9.36. The number of allylic oxidation sites excluding steroid dienone is 1. The topological polar surface area (TPSA) is 20.2 Å². The maximum Gasteiger partial charge on any atom is 0.416 e. The Bertz CT molecular complexity index is 385. The molecule has 0 aliphatic carbocycles. The van der Waals surface area contributed by atoms with Gasteiger partial charge in [-0.05, 0) is 30.4 Å². The molecule has 0 fully saturated rings. The maximum absolute atomic E-state index is 12.4. The van der Waals surface area contributed by atoms with Crippen molar-refractivity contribution in [2.24, 2.45) is 0 Å². The van der Waals surface area contributed by atoms with Crippen molar-refractivity contribution in [3.63, 3.8) is 0 Å². The zero-order chi connectivity index (χ0) is 12.2. The summed E-state index contributed by atoms with van der Waals surface area (Å²) in [4.78, 5) is 0. The van der Waals surface area contributed by atoms with Gasteiger partial charge in [-0.2, -0.15) is 25.8 Å². The third-order valence-electron chi connectivity index (χ3n) is 1.95. The molecule has 1 nitrogen and oxygen atoms in total. The predicted octanol–water partition coefficient (Wildman–Crippen LogP) is 3.74. The monoisotopic (exact) mass is 248 g/mol. The number of aromatic hydroxyl groups is 1. The van der Waals surface area contributed by atoms with Gasteiger partial charge in [0.1, 0.15) is 5.75 Å². The van der Waals surface area contributed by atoms with Crippen LogP contribution in [0.2, 0.25) is 0 Å². The van der Waals surface area contributed by atoms with Crippen LogP contribution < -0.4 is 0 Å². The summed E-state index contributed by atoms with van der Waals surface area (Å²) in [7, 11) is 0. The van der Waals surface area contributed by atoms with Gasteiger partial charge in [-0.3, -0.25) is 0 Å². The Hall–Kier alpha value is -1.10. The molecule has 0 aromatic heterocycles. The van der Waals surface area contributed by atoms with Crippen molar-refractivity contribution >= 4 is 18.7 Å². The fraction of sp³-hybridized carbons (Fsp3) is 0.273. The van der Waals surface area contributed by atoms with Crippen LogP contribution in [0, 0.1) is 0 Å². The zero-order valence-corrected chi connectivity index (χ0v) is 9.22. The molecule has 0 heterocycles. The molecule has 5 heteroatoms. The molecule has 0 saturated heterocycles. The molecule has 0 aliphatic heterocycles. The zero-order valence-electron chi connectivity index (χ0n) is 8.33. The van der Waals surface area contributed by atoms with E-state index in [4.69, 9.17) is 0 Å². The molecular weight excluding hydrogens is 237 g/mol. The molecule has 0 amide bonds. The van der Waals surface area contributed by atoms with E-state index in [1.165, 1.54) is 6.08 Å². The summed E-state index contributed by atoms with van der Waals surface area (Å²) in [5.41, 5.74) is -0.604. The van der Waals surface area contributed by atoms with Crippen LogP contribution in [0.3, 0.4) is 0 Å². The largest absolute Gasteiger partial charge is 0.507 e. The van der Waals surface area contributed by atoms with Gasteiger partial charge < -0.3 is 5.11 Å². The Morgan fingerprint density at radius 3 is 2.56 bits per heavy atom. The lowest BCUT2D eigenvalue weighted by atomic mass is 10.1. The highest BCUT2D eigenvalue weighted by molar-refractivity contribution is 7.80. The third-order valence-corrected chi connectivity index (χ3v) is 2.21. The van der Waals surface area contributed by atoms with Gasteiger partial charge in [-0.25, -0.2) is 0 Å². The van der Waals surface area contributed by atoms with E-state index in [1.807, 2.05) is 0 Å². The summed E-state index contributed by atoms with van der Waals surface area (Å²) in [6, 6.07) is 2.82. The van der Waals surface area contributed by atoms with E-state index in [2.05, 4.69) is 12.6 Å². The number of benzene rings is 1. The van der Waals surface area contributed by atoms with E-state index < -0.39 is 11.7 Å². The summed E-state index contributed by atoms with van der Waals surface area (Å²) in [6.07, 6.45) is -0.623. The second kappa shape index (κ2) is 5.30. The normalized spacial score (nSPS) is 12.2. The van der Waals surface area contributed by atoms with Crippen molar-refractivity contribution in [1.29, 1.82) is 0 Å². The molecule has 0 bridgehead atoms. The first kappa shape index (κ1) is 13.0. The van der Waals surface area contributed by atoms with E-state index in [1.54, 1.807) is 6.08 Å². The predicted molar refractivity (Wildman–Crippen MR) is 60.6 cm³/mol. The number of halogens is 3.